The Morgan fingerprint density at radius 3 is 2.85 bits per heavy atom. The van der Waals surface area contributed by atoms with Crippen LogP contribution in [-0.4, -0.2) is 33.2 Å². The molecule has 26 heavy (non-hydrogen) atoms. The summed E-state index contributed by atoms with van der Waals surface area (Å²) in [6.07, 6.45) is 0.993. The molecule has 7 heteroatoms. The molecule has 0 saturated heterocycles. The number of aromatic nitrogens is 2. The number of imidazole rings is 1. The summed E-state index contributed by atoms with van der Waals surface area (Å²) in [5, 5.41) is 1.51. The first-order valence-corrected chi connectivity index (χ1v) is 9.92. The lowest BCUT2D eigenvalue weighted by Crippen LogP contribution is -2.27. The zero-order valence-electron chi connectivity index (χ0n) is 15.2. The molecule has 2 heterocycles. The Morgan fingerprint density at radius 1 is 1.35 bits per heavy atom. The fourth-order valence-electron chi connectivity index (χ4n) is 2.76. The Bertz CT molecular complexity index is 919. The monoisotopic (exact) mass is 391 g/mol. The molecule has 0 unspecified atom stereocenters. The predicted molar refractivity (Wildman–Crippen MR) is 106 cm³/mol. The Kier molecular flexibility index (Phi) is 5.94. The average molecular weight is 392 g/mol. The minimum atomic E-state index is 0.0391. The molecule has 0 atom stereocenters. The number of furan rings is 1. The number of rotatable bonds is 7. The number of hydrogen-bond donors (Lipinski definition) is 0. The number of thioether (sulfide) groups is 1. The van der Waals surface area contributed by atoms with E-state index < -0.39 is 0 Å². The van der Waals surface area contributed by atoms with Gasteiger partial charge in [0, 0.05) is 18.6 Å². The second kappa shape index (κ2) is 8.18. The summed E-state index contributed by atoms with van der Waals surface area (Å²) in [7, 11) is 1.79. The third-order valence-electron chi connectivity index (χ3n) is 4.06. The molecule has 0 aliphatic heterocycles. The van der Waals surface area contributed by atoms with E-state index in [1.54, 1.807) is 11.9 Å². The summed E-state index contributed by atoms with van der Waals surface area (Å²) in [6, 6.07) is 9.52. The minimum Gasteiger partial charge on any atom is -0.464 e. The van der Waals surface area contributed by atoms with Crippen LogP contribution in [0, 0.1) is 6.92 Å². The lowest BCUT2D eigenvalue weighted by molar-refractivity contribution is -0.127. The third-order valence-corrected chi connectivity index (χ3v) is 5.26. The van der Waals surface area contributed by atoms with Gasteiger partial charge in [0.05, 0.1) is 23.3 Å². The number of halogens is 1. The van der Waals surface area contributed by atoms with Crippen LogP contribution in [0.3, 0.4) is 0 Å². The molecule has 0 spiro atoms. The van der Waals surface area contributed by atoms with Crippen molar-refractivity contribution in [2.45, 2.75) is 38.5 Å². The van der Waals surface area contributed by atoms with Crippen LogP contribution in [-0.2, 0) is 17.9 Å². The van der Waals surface area contributed by atoms with Crippen molar-refractivity contribution in [1.82, 2.24) is 14.5 Å². The number of aryl methyl sites for hydroxylation is 2. The van der Waals surface area contributed by atoms with Crippen LogP contribution in [0.15, 0.2) is 39.9 Å². The fourth-order valence-corrected chi connectivity index (χ4v) is 3.91. The summed E-state index contributed by atoms with van der Waals surface area (Å²) >= 11 is 7.54. The Labute approximate surface area is 162 Å². The summed E-state index contributed by atoms with van der Waals surface area (Å²) in [5.41, 5.74) is 1.91. The van der Waals surface area contributed by atoms with E-state index >= 15 is 0 Å². The van der Waals surface area contributed by atoms with Crippen LogP contribution in [0.1, 0.15) is 24.9 Å². The standard InChI is InChI=1S/C19H22ClN3O2S/c1-4-9-23-17-8-6-14(20)10-16(17)21-19(23)26-12-18(24)22(3)11-15-7-5-13(2)25-15/h5-8,10H,4,9,11-12H2,1-3H3. The first-order valence-electron chi connectivity index (χ1n) is 8.55. The number of hydrogen-bond acceptors (Lipinski definition) is 4. The van der Waals surface area contributed by atoms with Crippen LogP contribution in [0.5, 0.6) is 0 Å². The predicted octanol–water partition coefficient (Wildman–Crippen LogP) is 4.75. The molecular formula is C19H22ClN3O2S. The Morgan fingerprint density at radius 2 is 2.15 bits per heavy atom. The number of fused-ring (bicyclic) bond motifs is 1. The minimum absolute atomic E-state index is 0.0391. The molecular weight excluding hydrogens is 370 g/mol. The van der Waals surface area contributed by atoms with Gasteiger partial charge < -0.3 is 13.9 Å². The van der Waals surface area contributed by atoms with Crippen molar-refractivity contribution in [2.24, 2.45) is 0 Å². The van der Waals surface area contributed by atoms with E-state index in [1.807, 2.05) is 37.3 Å². The first-order chi connectivity index (χ1) is 12.5. The van der Waals surface area contributed by atoms with E-state index in [0.717, 1.165) is 40.7 Å². The van der Waals surface area contributed by atoms with Crippen molar-refractivity contribution in [3.8, 4) is 0 Å². The SMILES string of the molecule is CCCn1c(SCC(=O)N(C)Cc2ccc(C)o2)nc2cc(Cl)ccc21. The first kappa shape index (κ1) is 18.9. The molecule has 0 aliphatic rings. The molecule has 0 saturated carbocycles. The van der Waals surface area contributed by atoms with Crippen molar-refractivity contribution in [2.75, 3.05) is 12.8 Å². The molecule has 0 N–H and O–H groups in total. The number of amides is 1. The molecule has 1 amide bonds. The second-order valence-electron chi connectivity index (χ2n) is 6.23. The highest BCUT2D eigenvalue weighted by molar-refractivity contribution is 7.99. The van der Waals surface area contributed by atoms with Crippen LogP contribution in [0.2, 0.25) is 5.02 Å². The topological polar surface area (TPSA) is 51.3 Å². The van der Waals surface area contributed by atoms with Crippen molar-refractivity contribution < 1.29 is 9.21 Å². The molecule has 0 aliphatic carbocycles. The smallest absolute Gasteiger partial charge is 0.233 e. The van der Waals surface area contributed by atoms with Gasteiger partial charge in [-0.3, -0.25) is 4.79 Å². The van der Waals surface area contributed by atoms with E-state index in [4.69, 9.17) is 16.0 Å². The molecule has 3 rings (SSSR count). The van der Waals surface area contributed by atoms with Gasteiger partial charge in [-0.2, -0.15) is 0 Å². The van der Waals surface area contributed by atoms with Gasteiger partial charge in [-0.25, -0.2) is 4.98 Å². The van der Waals surface area contributed by atoms with E-state index in [9.17, 15) is 4.79 Å². The molecule has 0 fully saturated rings. The van der Waals surface area contributed by atoms with Crippen molar-refractivity contribution >= 4 is 40.3 Å². The maximum Gasteiger partial charge on any atom is 0.233 e. The van der Waals surface area contributed by atoms with Gasteiger partial charge >= 0.3 is 0 Å². The van der Waals surface area contributed by atoms with E-state index in [2.05, 4.69) is 16.5 Å². The molecule has 2 aromatic heterocycles. The van der Waals surface area contributed by atoms with Gasteiger partial charge in [0.1, 0.15) is 11.5 Å². The highest BCUT2D eigenvalue weighted by Gasteiger charge is 2.16. The molecule has 5 nitrogen and oxygen atoms in total. The Balaban J connectivity index is 1.70. The third kappa shape index (κ3) is 4.24. The van der Waals surface area contributed by atoms with Crippen molar-refractivity contribution in [1.29, 1.82) is 0 Å². The quantitative estimate of drug-likeness (QED) is 0.545. The lowest BCUT2D eigenvalue weighted by Gasteiger charge is -2.15. The zero-order chi connectivity index (χ0) is 18.7. The summed E-state index contributed by atoms with van der Waals surface area (Å²) in [6.45, 7) is 5.34. The van der Waals surface area contributed by atoms with Crippen LogP contribution in [0.4, 0.5) is 0 Å². The van der Waals surface area contributed by atoms with Crippen LogP contribution < -0.4 is 0 Å². The number of carbonyl (C=O) groups excluding carboxylic acids is 1. The van der Waals surface area contributed by atoms with E-state index in [1.165, 1.54) is 11.8 Å². The summed E-state index contributed by atoms with van der Waals surface area (Å²) < 4.78 is 7.69. The summed E-state index contributed by atoms with van der Waals surface area (Å²) in [5.74, 6) is 2.01. The number of nitrogens with zero attached hydrogens (tertiary/aromatic N) is 3. The number of benzene rings is 1. The molecule has 3 aromatic rings. The van der Waals surface area contributed by atoms with Gasteiger partial charge in [-0.05, 0) is 43.7 Å². The van der Waals surface area contributed by atoms with Crippen LogP contribution >= 0.6 is 23.4 Å². The normalized spacial score (nSPS) is 11.2. The van der Waals surface area contributed by atoms with E-state index in [0.29, 0.717) is 17.3 Å². The van der Waals surface area contributed by atoms with Crippen LogP contribution in [0.25, 0.3) is 11.0 Å². The average Bonchev–Trinajstić information content (AvgIpc) is 3.16. The molecule has 138 valence electrons. The molecule has 1 aromatic carbocycles. The number of carbonyl (C=O) groups is 1. The van der Waals surface area contributed by atoms with Gasteiger partial charge in [-0.15, -0.1) is 0 Å². The second-order valence-corrected chi connectivity index (χ2v) is 7.61. The zero-order valence-corrected chi connectivity index (χ0v) is 16.7. The van der Waals surface area contributed by atoms with E-state index in [-0.39, 0.29) is 5.91 Å². The highest BCUT2D eigenvalue weighted by atomic mass is 35.5. The molecule has 0 radical (unpaired) electrons. The van der Waals surface area contributed by atoms with Gasteiger partial charge in [0.2, 0.25) is 5.91 Å². The maximum atomic E-state index is 12.5. The van der Waals surface area contributed by atoms with Gasteiger partial charge in [0.25, 0.3) is 0 Å². The fraction of sp³-hybridized carbons (Fsp3) is 0.368. The molecule has 0 bridgehead atoms. The highest BCUT2D eigenvalue weighted by Crippen LogP contribution is 2.27. The largest absolute Gasteiger partial charge is 0.464 e. The van der Waals surface area contributed by atoms with Gasteiger partial charge in [-0.1, -0.05) is 30.3 Å². The maximum absolute atomic E-state index is 12.5. The van der Waals surface area contributed by atoms with Crippen molar-refractivity contribution in [3.05, 3.63) is 46.9 Å². The van der Waals surface area contributed by atoms with Gasteiger partial charge in [0.15, 0.2) is 5.16 Å². The lowest BCUT2D eigenvalue weighted by atomic mass is 10.3. The van der Waals surface area contributed by atoms with Crippen molar-refractivity contribution in [3.63, 3.8) is 0 Å². The Hall–Kier alpha value is -1.92. The summed E-state index contributed by atoms with van der Waals surface area (Å²) in [4.78, 5) is 18.8.